The first-order valence-corrected chi connectivity index (χ1v) is 6.09. The molecule has 0 atom stereocenters. The predicted octanol–water partition coefficient (Wildman–Crippen LogP) is 2.13. The Morgan fingerprint density at radius 1 is 1.15 bits per heavy atom. The van der Waals surface area contributed by atoms with Crippen LogP contribution >= 0.6 is 0 Å². The van der Waals surface area contributed by atoms with Crippen molar-refractivity contribution in [3.05, 3.63) is 0 Å². The van der Waals surface area contributed by atoms with Gasteiger partial charge < -0.3 is 0 Å². The molecular weight excluding hydrogens is 186 g/mol. The van der Waals surface area contributed by atoms with E-state index >= 15 is 0 Å². The molecule has 0 aromatic heterocycles. The molecule has 0 unspecified atom stereocenters. The molecule has 0 saturated heterocycles. The molecule has 0 aromatic rings. The van der Waals surface area contributed by atoms with Crippen molar-refractivity contribution >= 4 is 15.7 Å². The summed E-state index contributed by atoms with van der Waals surface area (Å²) >= 11 is 0. The lowest BCUT2D eigenvalue weighted by atomic mass is 10.3. The number of hydrogen-bond donors (Lipinski definition) is 0. The van der Waals surface area contributed by atoms with Crippen LogP contribution in [0.1, 0.15) is 46.5 Å². The Morgan fingerprint density at radius 3 is 2.00 bits per heavy atom. The van der Waals surface area contributed by atoms with Gasteiger partial charge in [0.15, 0.2) is 0 Å². The number of nitrogens with zero attached hydrogens (tertiary/aromatic N) is 1. The number of rotatable bonds is 1. The van der Waals surface area contributed by atoms with Gasteiger partial charge >= 0.3 is 0 Å². The van der Waals surface area contributed by atoms with Gasteiger partial charge in [0.25, 0.3) is 10.0 Å². The Kier molecular flexibility index (Phi) is 2.80. The summed E-state index contributed by atoms with van der Waals surface area (Å²) in [6.07, 6.45) is 3.88. The SMILES string of the molecule is CC(C)(C)S(=O)(=O)N=C1CCCC1. The van der Waals surface area contributed by atoms with Crippen LogP contribution < -0.4 is 0 Å². The first-order valence-electron chi connectivity index (χ1n) is 4.65. The van der Waals surface area contributed by atoms with E-state index in [0.717, 1.165) is 31.4 Å². The molecule has 0 aromatic carbocycles. The summed E-state index contributed by atoms with van der Waals surface area (Å²) in [4.78, 5) is 0. The van der Waals surface area contributed by atoms with Crippen molar-refractivity contribution in [1.29, 1.82) is 0 Å². The fraction of sp³-hybridized carbons (Fsp3) is 0.889. The summed E-state index contributed by atoms with van der Waals surface area (Å²) in [5.41, 5.74) is 0.856. The molecule has 0 amide bonds. The second kappa shape index (κ2) is 3.40. The van der Waals surface area contributed by atoms with Crippen molar-refractivity contribution in [2.45, 2.75) is 51.2 Å². The van der Waals surface area contributed by atoms with Crippen LogP contribution in [0.15, 0.2) is 4.40 Å². The summed E-state index contributed by atoms with van der Waals surface area (Å²) < 4.78 is 26.3. The second-order valence-electron chi connectivity index (χ2n) is 4.45. The molecule has 3 nitrogen and oxygen atoms in total. The van der Waals surface area contributed by atoms with Gasteiger partial charge in [0.2, 0.25) is 0 Å². The minimum absolute atomic E-state index is 0.761. The standard InChI is InChI=1S/C9H17NO2S/c1-9(2,3)13(11,12)10-8-6-4-5-7-8/h4-7H2,1-3H3. The van der Waals surface area contributed by atoms with E-state index in [1.807, 2.05) is 0 Å². The predicted molar refractivity (Wildman–Crippen MR) is 54.6 cm³/mol. The molecule has 0 radical (unpaired) electrons. The van der Waals surface area contributed by atoms with Crippen LogP contribution in [0, 0.1) is 0 Å². The van der Waals surface area contributed by atoms with Gasteiger partial charge in [0.1, 0.15) is 0 Å². The second-order valence-corrected chi connectivity index (χ2v) is 6.81. The zero-order valence-corrected chi connectivity index (χ0v) is 9.32. The number of sulfonamides is 1. The van der Waals surface area contributed by atoms with E-state index in [4.69, 9.17) is 0 Å². The molecule has 13 heavy (non-hydrogen) atoms. The van der Waals surface area contributed by atoms with Gasteiger partial charge in [-0.1, -0.05) is 0 Å². The summed E-state index contributed by atoms with van der Waals surface area (Å²) in [5.74, 6) is 0. The fourth-order valence-electron chi connectivity index (χ4n) is 1.18. The highest BCUT2D eigenvalue weighted by atomic mass is 32.2. The largest absolute Gasteiger partial charge is 0.257 e. The third-order valence-electron chi connectivity index (χ3n) is 2.20. The van der Waals surface area contributed by atoms with Crippen LogP contribution in [0.2, 0.25) is 0 Å². The lowest BCUT2D eigenvalue weighted by Crippen LogP contribution is -2.26. The van der Waals surface area contributed by atoms with E-state index in [1.165, 1.54) is 0 Å². The minimum atomic E-state index is -3.29. The monoisotopic (exact) mass is 203 g/mol. The molecule has 1 fully saturated rings. The van der Waals surface area contributed by atoms with Crippen molar-refractivity contribution in [2.24, 2.45) is 4.40 Å². The minimum Gasteiger partial charge on any atom is -0.204 e. The van der Waals surface area contributed by atoms with Crippen molar-refractivity contribution in [1.82, 2.24) is 0 Å². The third-order valence-corrected chi connectivity index (χ3v) is 4.25. The maximum absolute atomic E-state index is 11.6. The van der Waals surface area contributed by atoms with E-state index in [-0.39, 0.29) is 0 Å². The average molecular weight is 203 g/mol. The highest BCUT2D eigenvalue weighted by Gasteiger charge is 2.29. The van der Waals surface area contributed by atoms with Gasteiger partial charge in [-0.15, -0.1) is 0 Å². The maximum Gasteiger partial charge on any atom is 0.257 e. The quantitative estimate of drug-likeness (QED) is 0.655. The summed E-state index contributed by atoms with van der Waals surface area (Å²) in [6, 6.07) is 0. The molecule has 1 rings (SSSR count). The van der Waals surface area contributed by atoms with Crippen LogP contribution in [0.25, 0.3) is 0 Å². The summed E-state index contributed by atoms with van der Waals surface area (Å²) in [6.45, 7) is 5.05. The van der Waals surface area contributed by atoms with Crippen LogP contribution in [-0.4, -0.2) is 18.9 Å². The topological polar surface area (TPSA) is 46.5 Å². The third kappa shape index (κ3) is 2.53. The van der Waals surface area contributed by atoms with Crippen molar-refractivity contribution < 1.29 is 8.42 Å². The maximum atomic E-state index is 11.6. The van der Waals surface area contributed by atoms with Gasteiger partial charge in [-0.25, -0.2) is 8.42 Å². The van der Waals surface area contributed by atoms with Crippen LogP contribution in [-0.2, 0) is 10.0 Å². The molecule has 1 aliphatic rings. The number of hydrogen-bond acceptors (Lipinski definition) is 2. The Bertz CT molecular complexity index is 301. The van der Waals surface area contributed by atoms with E-state index in [2.05, 4.69) is 4.40 Å². The van der Waals surface area contributed by atoms with Crippen molar-refractivity contribution in [3.63, 3.8) is 0 Å². The fourth-order valence-corrected chi connectivity index (χ4v) is 1.98. The van der Waals surface area contributed by atoms with E-state index in [0.29, 0.717) is 0 Å². The van der Waals surface area contributed by atoms with Gasteiger partial charge in [-0.05, 0) is 46.5 Å². The molecule has 0 heterocycles. The Hall–Kier alpha value is -0.380. The molecule has 4 heteroatoms. The van der Waals surface area contributed by atoms with Gasteiger partial charge in [0, 0.05) is 5.71 Å². The molecule has 1 saturated carbocycles. The first kappa shape index (κ1) is 10.7. The van der Waals surface area contributed by atoms with Crippen LogP contribution in [0.3, 0.4) is 0 Å². The summed E-state index contributed by atoms with van der Waals surface area (Å²) in [7, 11) is -3.29. The highest BCUT2D eigenvalue weighted by Crippen LogP contribution is 2.21. The zero-order chi connectivity index (χ0) is 10.1. The summed E-state index contributed by atoms with van der Waals surface area (Å²) in [5, 5.41) is 0. The van der Waals surface area contributed by atoms with Crippen molar-refractivity contribution in [3.8, 4) is 0 Å². The normalized spacial score (nSPS) is 19.2. The first-order chi connectivity index (χ1) is 5.83. The lowest BCUT2D eigenvalue weighted by Gasteiger charge is -2.15. The van der Waals surface area contributed by atoms with Crippen LogP contribution in [0.5, 0.6) is 0 Å². The van der Waals surface area contributed by atoms with E-state index < -0.39 is 14.8 Å². The zero-order valence-electron chi connectivity index (χ0n) is 8.50. The van der Waals surface area contributed by atoms with Gasteiger partial charge in [-0.2, -0.15) is 4.40 Å². The molecule has 0 spiro atoms. The van der Waals surface area contributed by atoms with E-state index in [1.54, 1.807) is 20.8 Å². The average Bonchev–Trinajstić information content (AvgIpc) is 2.35. The lowest BCUT2D eigenvalue weighted by molar-refractivity contribution is 0.562. The molecular formula is C9H17NO2S. The van der Waals surface area contributed by atoms with Crippen molar-refractivity contribution in [2.75, 3.05) is 0 Å². The van der Waals surface area contributed by atoms with Gasteiger partial charge in [0.05, 0.1) is 4.75 Å². The Morgan fingerprint density at radius 2 is 1.62 bits per heavy atom. The smallest absolute Gasteiger partial charge is 0.204 e. The Balaban J connectivity index is 2.89. The Labute approximate surface area is 80.3 Å². The molecule has 0 bridgehead atoms. The van der Waals surface area contributed by atoms with E-state index in [9.17, 15) is 8.42 Å². The molecule has 76 valence electrons. The van der Waals surface area contributed by atoms with Crippen LogP contribution in [0.4, 0.5) is 0 Å². The molecule has 1 aliphatic carbocycles. The molecule has 0 N–H and O–H groups in total. The highest BCUT2D eigenvalue weighted by molar-refractivity contribution is 7.91. The van der Waals surface area contributed by atoms with Gasteiger partial charge in [-0.3, -0.25) is 0 Å². The molecule has 0 aliphatic heterocycles.